The fourth-order valence-corrected chi connectivity index (χ4v) is 3.90. The Bertz CT molecular complexity index is 889. The van der Waals surface area contributed by atoms with Crippen LogP contribution < -0.4 is 0 Å². The lowest BCUT2D eigenvalue weighted by molar-refractivity contribution is 0.0900. The van der Waals surface area contributed by atoms with Crippen LogP contribution in [0.3, 0.4) is 0 Å². The van der Waals surface area contributed by atoms with Gasteiger partial charge in [-0.05, 0) is 42.7 Å². The average molecular weight is 372 g/mol. The topological polar surface area (TPSA) is 50.7 Å². The number of carbonyl (C=O) groups excluding carboxylic acids is 1. The smallest absolute Gasteiger partial charge is 0.179 e. The van der Waals surface area contributed by atoms with Gasteiger partial charge in [-0.15, -0.1) is 0 Å². The third-order valence-electron chi connectivity index (χ3n) is 5.01. The van der Waals surface area contributed by atoms with Gasteiger partial charge in [0.2, 0.25) is 0 Å². The number of benzene rings is 1. The summed E-state index contributed by atoms with van der Waals surface area (Å²) in [6.45, 7) is 0. The molecule has 0 saturated heterocycles. The van der Waals surface area contributed by atoms with Crippen LogP contribution in [0.15, 0.2) is 41.1 Å². The summed E-state index contributed by atoms with van der Waals surface area (Å²) in [5, 5.41) is 5.34. The van der Waals surface area contributed by atoms with Crippen molar-refractivity contribution >= 4 is 32.6 Å². The van der Waals surface area contributed by atoms with Gasteiger partial charge in [0.15, 0.2) is 5.78 Å². The molecule has 118 valence electrons. The zero-order valence-corrected chi connectivity index (χ0v) is 14.6. The minimum absolute atomic E-state index is 0.0246. The van der Waals surface area contributed by atoms with Gasteiger partial charge < -0.3 is 4.98 Å². The van der Waals surface area contributed by atoms with Gasteiger partial charge in [0.1, 0.15) is 0 Å². The SMILES string of the molecule is Cn1cc(C2(CC(=O)c3cc4cc(Br)ccc4[nH]3)CCC2)cn1. The number of aryl methyl sites for hydroxylation is 1. The zero-order chi connectivity index (χ0) is 16.0. The standard InChI is InChI=1S/C18H18BrN3O/c1-22-11-13(10-20-22)18(5-2-6-18)9-17(23)16-8-12-7-14(19)3-4-15(12)21-16/h3-4,7-8,10-11,21H,2,5-6,9H2,1H3. The number of ketones is 1. The lowest BCUT2D eigenvalue weighted by Gasteiger charge is -2.40. The highest BCUT2D eigenvalue weighted by Gasteiger charge is 2.41. The number of carbonyl (C=O) groups is 1. The molecule has 2 heterocycles. The Labute approximate surface area is 143 Å². The zero-order valence-electron chi connectivity index (χ0n) is 13.0. The molecule has 4 rings (SSSR count). The third kappa shape index (κ3) is 2.53. The Hall–Kier alpha value is -1.88. The van der Waals surface area contributed by atoms with Gasteiger partial charge in [-0.1, -0.05) is 22.4 Å². The molecule has 0 unspecified atom stereocenters. The maximum Gasteiger partial charge on any atom is 0.179 e. The van der Waals surface area contributed by atoms with Crippen molar-refractivity contribution in [1.29, 1.82) is 0 Å². The Morgan fingerprint density at radius 2 is 2.22 bits per heavy atom. The number of halogens is 1. The van der Waals surface area contributed by atoms with Crippen molar-refractivity contribution in [3.8, 4) is 0 Å². The van der Waals surface area contributed by atoms with E-state index in [9.17, 15) is 4.79 Å². The molecule has 0 radical (unpaired) electrons. The summed E-state index contributed by atoms with van der Waals surface area (Å²) in [5.41, 5.74) is 2.87. The first-order valence-electron chi connectivity index (χ1n) is 7.86. The van der Waals surface area contributed by atoms with E-state index in [4.69, 9.17) is 0 Å². The molecular weight excluding hydrogens is 354 g/mol. The molecule has 1 aromatic carbocycles. The molecule has 0 aliphatic heterocycles. The quantitative estimate of drug-likeness (QED) is 0.692. The van der Waals surface area contributed by atoms with E-state index in [1.807, 2.05) is 42.2 Å². The highest BCUT2D eigenvalue weighted by molar-refractivity contribution is 9.10. The van der Waals surface area contributed by atoms with E-state index in [2.05, 4.69) is 32.2 Å². The van der Waals surface area contributed by atoms with Gasteiger partial charge in [-0.2, -0.15) is 5.10 Å². The van der Waals surface area contributed by atoms with E-state index in [1.54, 1.807) is 0 Å². The van der Waals surface area contributed by atoms with Crippen molar-refractivity contribution in [1.82, 2.24) is 14.8 Å². The molecule has 23 heavy (non-hydrogen) atoms. The molecule has 1 aliphatic carbocycles. The predicted molar refractivity (Wildman–Crippen MR) is 93.7 cm³/mol. The number of hydrogen-bond donors (Lipinski definition) is 1. The molecule has 0 bridgehead atoms. The summed E-state index contributed by atoms with van der Waals surface area (Å²) in [7, 11) is 1.92. The summed E-state index contributed by atoms with van der Waals surface area (Å²) in [6, 6.07) is 7.97. The van der Waals surface area contributed by atoms with Crippen LogP contribution in [0.25, 0.3) is 10.9 Å². The Kier molecular flexibility index (Phi) is 3.41. The minimum atomic E-state index is -0.0246. The normalized spacial score (nSPS) is 16.4. The van der Waals surface area contributed by atoms with E-state index in [0.29, 0.717) is 12.1 Å². The van der Waals surface area contributed by atoms with Gasteiger partial charge >= 0.3 is 0 Å². The first-order chi connectivity index (χ1) is 11.1. The molecule has 5 heteroatoms. The van der Waals surface area contributed by atoms with Crippen LogP contribution in [0.2, 0.25) is 0 Å². The number of hydrogen-bond acceptors (Lipinski definition) is 2. The molecular formula is C18H18BrN3O. The minimum Gasteiger partial charge on any atom is -0.352 e. The molecule has 1 saturated carbocycles. The largest absolute Gasteiger partial charge is 0.352 e. The van der Waals surface area contributed by atoms with E-state index in [1.165, 1.54) is 12.0 Å². The van der Waals surface area contributed by atoms with Crippen LogP contribution in [0.4, 0.5) is 0 Å². The van der Waals surface area contributed by atoms with Crippen molar-refractivity contribution in [2.45, 2.75) is 31.1 Å². The number of H-pyrrole nitrogens is 1. The van der Waals surface area contributed by atoms with Gasteiger partial charge in [0, 0.05) is 40.5 Å². The molecule has 4 nitrogen and oxygen atoms in total. The van der Waals surface area contributed by atoms with E-state index >= 15 is 0 Å². The van der Waals surface area contributed by atoms with E-state index in [-0.39, 0.29) is 11.2 Å². The lowest BCUT2D eigenvalue weighted by Crippen LogP contribution is -2.36. The number of aromatic amines is 1. The maximum absolute atomic E-state index is 12.8. The highest BCUT2D eigenvalue weighted by Crippen LogP contribution is 2.47. The molecule has 0 atom stereocenters. The molecule has 0 spiro atoms. The number of fused-ring (bicyclic) bond motifs is 1. The summed E-state index contributed by atoms with van der Waals surface area (Å²) >= 11 is 3.47. The highest BCUT2D eigenvalue weighted by atomic mass is 79.9. The van der Waals surface area contributed by atoms with Crippen LogP contribution >= 0.6 is 15.9 Å². The number of aromatic nitrogens is 3. The van der Waals surface area contributed by atoms with Crippen LogP contribution in [-0.2, 0) is 12.5 Å². The fourth-order valence-electron chi connectivity index (χ4n) is 3.52. The molecule has 0 amide bonds. The van der Waals surface area contributed by atoms with Gasteiger partial charge in [0.05, 0.1) is 11.9 Å². The molecule has 2 aromatic heterocycles. The van der Waals surface area contributed by atoms with E-state index < -0.39 is 0 Å². The van der Waals surface area contributed by atoms with Crippen LogP contribution in [-0.4, -0.2) is 20.5 Å². The van der Waals surface area contributed by atoms with Gasteiger partial charge in [-0.25, -0.2) is 0 Å². The summed E-state index contributed by atoms with van der Waals surface area (Å²) in [4.78, 5) is 16.1. The number of Topliss-reactive ketones (excluding diaryl/α,β-unsaturated/α-hetero) is 1. The lowest BCUT2D eigenvalue weighted by atomic mass is 9.62. The monoisotopic (exact) mass is 371 g/mol. The van der Waals surface area contributed by atoms with Crippen LogP contribution in [0.1, 0.15) is 41.7 Å². The number of nitrogens with one attached hydrogen (secondary N) is 1. The number of nitrogens with zero attached hydrogens (tertiary/aromatic N) is 2. The molecule has 1 aliphatic rings. The first kappa shape index (κ1) is 14.7. The molecule has 1 N–H and O–H groups in total. The maximum atomic E-state index is 12.8. The second-order valence-electron chi connectivity index (χ2n) is 6.55. The van der Waals surface area contributed by atoms with Crippen molar-refractivity contribution < 1.29 is 4.79 Å². The fraction of sp³-hybridized carbons (Fsp3) is 0.333. The van der Waals surface area contributed by atoms with Crippen molar-refractivity contribution in [3.05, 3.63) is 52.4 Å². The first-order valence-corrected chi connectivity index (χ1v) is 8.66. The van der Waals surface area contributed by atoms with Crippen LogP contribution in [0.5, 0.6) is 0 Å². The van der Waals surface area contributed by atoms with Crippen molar-refractivity contribution in [3.63, 3.8) is 0 Å². The van der Waals surface area contributed by atoms with Gasteiger partial charge in [0.25, 0.3) is 0 Å². The molecule has 1 fully saturated rings. The van der Waals surface area contributed by atoms with Crippen molar-refractivity contribution in [2.24, 2.45) is 7.05 Å². The number of rotatable bonds is 4. The second-order valence-corrected chi connectivity index (χ2v) is 7.47. The molecule has 3 aromatic rings. The Morgan fingerprint density at radius 1 is 1.39 bits per heavy atom. The summed E-state index contributed by atoms with van der Waals surface area (Å²) in [5.74, 6) is 0.181. The van der Waals surface area contributed by atoms with Crippen molar-refractivity contribution in [2.75, 3.05) is 0 Å². The van der Waals surface area contributed by atoms with Gasteiger partial charge in [-0.3, -0.25) is 9.48 Å². The predicted octanol–water partition coefficient (Wildman–Crippen LogP) is 4.36. The van der Waals surface area contributed by atoms with E-state index in [0.717, 1.165) is 28.2 Å². The summed E-state index contributed by atoms with van der Waals surface area (Å²) < 4.78 is 2.84. The average Bonchev–Trinajstić information content (AvgIpc) is 3.08. The second kappa shape index (κ2) is 5.34. The third-order valence-corrected chi connectivity index (χ3v) is 5.50. The summed E-state index contributed by atoms with van der Waals surface area (Å²) in [6.07, 6.45) is 7.82. The Balaban J connectivity index is 1.63. The van der Waals surface area contributed by atoms with Crippen LogP contribution in [0, 0.1) is 0 Å². The Morgan fingerprint density at radius 3 is 2.87 bits per heavy atom.